The van der Waals surface area contributed by atoms with Gasteiger partial charge in [-0.2, -0.15) is 0 Å². The third-order valence-electron chi connectivity index (χ3n) is 2.37. The van der Waals surface area contributed by atoms with E-state index in [1.54, 1.807) is 24.3 Å². The Morgan fingerprint density at radius 3 is 2.24 bits per heavy atom. The number of ether oxygens (including phenoxy) is 2. The number of esters is 1. The summed E-state index contributed by atoms with van der Waals surface area (Å²) in [7, 11) is 0. The molecule has 21 heavy (non-hydrogen) atoms. The summed E-state index contributed by atoms with van der Waals surface area (Å²) < 4.78 is 11.1. The van der Waals surface area contributed by atoms with E-state index in [1.165, 1.54) is 13.8 Å². The molecule has 1 rings (SSSR count). The molecular formula is C13H15BrN2O5. The number of urea groups is 1. The molecule has 0 unspecified atom stereocenters. The molecule has 2 atom stereocenters. The van der Waals surface area contributed by atoms with Crippen molar-refractivity contribution < 1.29 is 23.9 Å². The second kappa shape index (κ2) is 7.63. The van der Waals surface area contributed by atoms with Gasteiger partial charge in [-0.3, -0.25) is 10.1 Å². The van der Waals surface area contributed by atoms with Crippen molar-refractivity contribution in [2.45, 2.75) is 26.1 Å². The second-order valence-corrected chi connectivity index (χ2v) is 5.06. The van der Waals surface area contributed by atoms with Gasteiger partial charge in [0.2, 0.25) is 0 Å². The lowest BCUT2D eigenvalue weighted by Crippen LogP contribution is -2.43. The van der Waals surface area contributed by atoms with Crippen LogP contribution in [0.25, 0.3) is 0 Å². The van der Waals surface area contributed by atoms with Crippen LogP contribution in [0.5, 0.6) is 5.75 Å². The summed E-state index contributed by atoms with van der Waals surface area (Å²) in [5, 5.41) is 1.82. The van der Waals surface area contributed by atoms with Crippen LogP contribution in [0.3, 0.4) is 0 Å². The van der Waals surface area contributed by atoms with E-state index in [4.69, 9.17) is 15.2 Å². The summed E-state index contributed by atoms with van der Waals surface area (Å²) in [6.45, 7) is 2.81. The third kappa shape index (κ3) is 5.82. The van der Waals surface area contributed by atoms with Gasteiger partial charge in [0.1, 0.15) is 5.75 Å². The van der Waals surface area contributed by atoms with Crippen LogP contribution in [-0.2, 0) is 14.3 Å². The standard InChI is InChI=1S/C13H15BrN2O5/c1-7(11(17)16-13(15)19)21-12(18)8(2)20-10-5-3-9(14)4-6-10/h3-8H,1-2H3,(H3,15,16,17,19)/t7-,8-/m1/s1. The molecule has 114 valence electrons. The molecule has 0 aliphatic heterocycles. The van der Waals surface area contributed by atoms with E-state index in [0.29, 0.717) is 5.75 Å². The van der Waals surface area contributed by atoms with Crippen LogP contribution < -0.4 is 15.8 Å². The van der Waals surface area contributed by atoms with E-state index in [9.17, 15) is 14.4 Å². The summed E-state index contributed by atoms with van der Waals surface area (Å²) in [5.41, 5.74) is 4.80. The first-order valence-electron chi connectivity index (χ1n) is 6.02. The molecule has 8 heteroatoms. The van der Waals surface area contributed by atoms with Crippen LogP contribution in [-0.4, -0.2) is 30.1 Å². The van der Waals surface area contributed by atoms with Gasteiger partial charge < -0.3 is 15.2 Å². The number of nitrogens with one attached hydrogen (secondary N) is 1. The predicted molar refractivity (Wildman–Crippen MR) is 77.5 cm³/mol. The molecule has 7 nitrogen and oxygen atoms in total. The van der Waals surface area contributed by atoms with Gasteiger partial charge in [-0.1, -0.05) is 15.9 Å². The molecule has 0 aliphatic rings. The van der Waals surface area contributed by atoms with Crippen molar-refractivity contribution in [3.63, 3.8) is 0 Å². The van der Waals surface area contributed by atoms with Gasteiger partial charge in [0.15, 0.2) is 12.2 Å². The average Bonchev–Trinajstić information content (AvgIpc) is 2.40. The highest BCUT2D eigenvalue weighted by molar-refractivity contribution is 9.10. The Balaban J connectivity index is 2.52. The number of rotatable bonds is 5. The van der Waals surface area contributed by atoms with Crippen LogP contribution in [0.15, 0.2) is 28.7 Å². The first-order chi connectivity index (χ1) is 9.79. The number of nitrogens with two attached hydrogens (primary N) is 1. The Morgan fingerprint density at radius 1 is 1.14 bits per heavy atom. The lowest BCUT2D eigenvalue weighted by molar-refractivity contribution is -0.160. The number of amides is 3. The van der Waals surface area contributed by atoms with Gasteiger partial charge in [-0.05, 0) is 38.1 Å². The molecule has 1 aromatic carbocycles. The van der Waals surface area contributed by atoms with Gasteiger partial charge in [0, 0.05) is 4.47 Å². The van der Waals surface area contributed by atoms with Crippen molar-refractivity contribution >= 4 is 33.8 Å². The molecule has 0 bridgehead atoms. The number of imide groups is 1. The number of hydrogen-bond acceptors (Lipinski definition) is 5. The lowest BCUT2D eigenvalue weighted by Gasteiger charge is -2.17. The third-order valence-corrected chi connectivity index (χ3v) is 2.90. The number of primary amides is 1. The maximum absolute atomic E-state index is 11.8. The molecule has 1 aromatic rings. The molecule has 0 saturated carbocycles. The summed E-state index contributed by atoms with van der Waals surface area (Å²) >= 11 is 3.28. The zero-order chi connectivity index (χ0) is 16.0. The predicted octanol–water partition coefficient (Wildman–Crippen LogP) is 1.34. The maximum Gasteiger partial charge on any atom is 0.347 e. The largest absolute Gasteiger partial charge is 0.479 e. The number of carbonyl (C=O) groups excluding carboxylic acids is 3. The fourth-order valence-electron chi connectivity index (χ4n) is 1.31. The SMILES string of the molecule is C[C@@H](OC(=O)[C@@H](C)Oc1ccc(Br)cc1)C(=O)NC(N)=O. The van der Waals surface area contributed by atoms with Crippen molar-refractivity contribution in [1.82, 2.24) is 5.32 Å². The van der Waals surface area contributed by atoms with Crippen LogP contribution in [0.4, 0.5) is 4.79 Å². The van der Waals surface area contributed by atoms with Crippen LogP contribution in [0, 0.1) is 0 Å². The highest BCUT2D eigenvalue weighted by Gasteiger charge is 2.23. The molecule has 0 radical (unpaired) electrons. The minimum Gasteiger partial charge on any atom is -0.479 e. The zero-order valence-electron chi connectivity index (χ0n) is 11.5. The lowest BCUT2D eigenvalue weighted by atomic mass is 10.3. The molecular weight excluding hydrogens is 344 g/mol. The Labute approximate surface area is 129 Å². The fraction of sp³-hybridized carbons (Fsp3) is 0.308. The molecule has 0 aliphatic carbocycles. The van der Waals surface area contributed by atoms with Crippen LogP contribution in [0.1, 0.15) is 13.8 Å². The molecule has 0 heterocycles. The molecule has 0 fully saturated rings. The Bertz CT molecular complexity index is 532. The van der Waals surface area contributed by atoms with E-state index in [2.05, 4.69) is 15.9 Å². The van der Waals surface area contributed by atoms with Crippen molar-refractivity contribution in [2.75, 3.05) is 0 Å². The second-order valence-electron chi connectivity index (χ2n) is 4.15. The Morgan fingerprint density at radius 2 is 1.71 bits per heavy atom. The molecule has 3 N–H and O–H groups in total. The van der Waals surface area contributed by atoms with Gasteiger partial charge in [-0.15, -0.1) is 0 Å². The number of benzene rings is 1. The summed E-state index contributed by atoms with van der Waals surface area (Å²) in [6.07, 6.45) is -2.06. The van der Waals surface area contributed by atoms with Crippen molar-refractivity contribution in [1.29, 1.82) is 0 Å². The smallest absolute Gasteiger partial charge is 0.347 e. The highest BCUT2D eigenvalue weighted by Crippen LogP contribution is 2.17. The molecule has 0 saturated heterocycles. The molecule has 0 spiro atoms. The zero-order valence-corrected chi connectivity index (χ0v) is 13.0. The summed E-state index contributed by atoms with van der Waals surface area (Å²) in [5.74, 6) is -1.05. The normalized spacial score (nSPS) is 12.9. The highest BCUT2D eigenvalue weighted by atomic mass is 79.9. The van der Waals surface area contributed by atoms with Gasteiger partial charge in [-0.25, -0.2) is 9.59 Å². The summed E-state index contributed by atoms with van der Waals surface area (Å²) in [6, 6.07) is 5.86. The molecule has 3 amide bonds. The van der Waals surface area contributed by atoms with E-state index in [1.807, 2.05) is 5.32 Å². The summed E-state index contributed by atoms with van der Waals surface area (Å²) in [4.78, 5) is 33.7. The first kappa shape index (κ1) is 17.0. The van der Waals surface area contributed by atoms with Crippen molar-refractivity contribution in [3.8, 4) is 5.75 Å². The Hall–Kier alpha value is -2.09. The van der Waals surface area contributed by atoms with Crippen molar-refractivity contribution in [2.24, 2.45) is 5.73 Å². The Kier molecular flexibility index (Phi) is 6.16. The minimum atomic E-state index is -1.15. The van der Waals surface area contributed by atoms with E-state index < -0.39 is 30.1 Å². The van der Waals surface area contributed by atoms with Crippen molar-refractivity contribution in [3.05, 3.63) is 28.7 Å². The minimum absolute atomic E-state index is 0.483. The van der Waals surface area contributed by atoms with E-state index in [-0.39, 0.29) is 0 Å². The van der Waals surface area contributed by atoms with Crippen LogP contribution in [0.2, 0.25) is 0 Å². The van der Waals surface area contributed by atoms with Gasteiger partial charge in [0.05, 0.1) is 0 Å². The topological polar surface area (TPSA) is 108 Å². The monoisotopic (exact) mass is 358 g/mol. The van der Waals surface area contributed by atoms with E-state index >= 15 is 0 Å². The first-order valence-corrected chi connectivity index (χ1v) is 6.82. The molecule has 0 aromatic heterocycles. The number of hydrogen-bond donors (Lipinski definition) is 2. The maximum atomic E-state index is 11.8. The van der Waals surface area contributed by atoms with Gasteiger partial charge >= 0.3 is 12.0 Å². The average molecular weight is 359 g/mol. The number of halogens is 1. The van der Waals surface area contributed by atoms with E-state index in [0.717, 1.165) is 4.47 Å². The van der Waals surface area contributed by atoms with Gasteiger partial charge in [0.25, 0.3) is 5.91 Å². The van der Waals surface area contributed by atoms with Crippen LogP contribution >= 0.6 is 15.9 Å². The fourth-order valence-corrected chi connectivity index (χ4v) is 1.58. The quantitative estimate of drug-likeness (QED) is 0.772. The number of carbonyl (C=O) groups is 3.